The Balaban J connectivity index is 2.31. The molecule has 0 radical (unpaired) electrons. The molecule has 0 saturated carbocycles. The second kappa shape index (κ2) is 5.85. The van der Waals surface area contributed by atoms with E-state index in [4.69, 9.17) is 10.5 Å². The number of para-hydroxylation sites is 1. The van der Waals surface area contributed by atoms with Gasteiger partial charge in [-0.25, -0.2) is 4.98 Å². The van der Waals surface area contributed by atoms with Gasteiger partial charge in [-0.1, -0.05) is 32.0 Å². The van der Waals surface area contributed by atoms with Crippen LogP contribution in [0.15, 0.2) is 36.5 Å². The van der Waals surface area contributed by atoms with Gasteiger partial charge in [-0.15, -0.1) is 0 Å². The van der Waals surface area contributed by atoms with Gasteiger partial charge in [-0.05, 0) is 36.1 Å². The Bertz CT molecular complexity index is 564. The van der Waals surface area contributed by atoms with Crippen LogP contribution in [0.3, 0.4) is 0 Å². The Labute approximate surface area is 114 Å². The van der Waals surface area contributed by atoms with E-state index in [0.717, 1.165) is 16.9 Å². The van der Waals surface area contributed by atoms with Gasteiger partial charge in [0.25, 0.3) is 0 Å². The average molecular weight is 256 g/mol. The molecule has 0 atom stereocenters. The molecule has 0 saturated heterocycles. The van der Waals surface area contributed by atoms with Crippen LogP contribution >= 0.6 is 0 Å². The van der Waals surface area contributed by atoms with Crippen molar-refractivity contribution in [2.24, 2.45) is 5.73 Å². The second-order valence-electron chi connectivity index (χ2n) is 4.96. The van der Waals surface area contributed by atoms with Crippen molar-refractivity contribution in [3.63, 3.8) is 0 Å². The van der Waals surface area contributed by atoms with Crippen molar-refractivity contribution >= 4 is 0 Å². The lowest BCUT2D eigenvalue weighted by atomic mass is 10.0. The third kappa shape index (κ3) is 3.12. The molecule has 3 heteroatoms. The molecule has 0 spiro atoms. The molecule has 0 aliphatic rings. The van der Waals surface area contributed by atoms with Crippen LogP contribution in [0, 0.1) is 6.92 Å². The maximum atomic E-state index is 5.95. The Hall–Kier alpha value is -1.87. The fourth-order valence-corrected chi connectivity index (χ4v) is 1.99. The summed E-state index contributed by atoms with van der Waals surface area (Å²) in [7, 11) is 0. The number of nitrogens with zero attached hydrogens (tertiary/aromatic N) is 1. The molecule has 0 bridgehead atoms. The molecule has 0 aliphatic carbocycles. The molecule has 1 heterocycles. The Morgan fingerprint density at radius 2 is 2.00 bits per heavy atom. The van der Waals surface area contributed by atoms with Crippen LogP contribution in [0.5, 0.6) is 11.6 Å². The molecular weight excluding hydrogens is 236 g/mol. The molecule has 1 aromatic carbocycles. The van der Waals surface area contributed by atoms with Gasteiger partial charge in [-0.2, -0.15) is 0 Å². The van der Waals surface area contributed by atoms with Crippen molar-refractivity contribution in [1.29, 1.82) is 0 Å². The van der Waals surface area contributed by atoms with Gasteiger partial charge in [0.1, 0.15) is 5.75 Å². The minimum atomic E-state index is 0.417. The van der Waals surface area contributed by atoms with E-state index in [1.54, 1.807) is 6.20 Å². The number of rotatable bonds is 4. The molecule has 1 aromatic heterocycles. The van der Waals surface area contributed by atoms with Gasteiger partial charge in [-0.3, -0.25) is 0 Å². The highest BCUT2D eigenvalue weighted by molar-refractivity contribution is 5.40. The minimum absolute atomic E-state index is 0.417. The smallest absolute Gasteiger partial charge is 0.222 e. The lowest BCUT2D eigenvalue weighted by molar-refractivity contribution is 0.450. The molecule has 0 aliphatic heterocycles. The maximum absolute atomic E-state index is 5.95. The highest BCUT2D eigenvalue weighted by Gasteiger charge is 2.10. The SMILES string of the molecule is Cc1cc(CN)cnc1Oc1ccccc1C(C)C. The normalized spacial score (nSPS) is 10.8. The highest BCUT2D eigenvalue weighted by Crippen LogP contribution is 2.30. The molecule has 0 fully saturated rings. The average Bonchev–Trinajstić information content (AvgIpc) is 2.41. The Kier molecular flexibility index (Phi) is 4.17. The van der Waals surface area contributed by atoms with Crippen LogP contribution in [0.25, 0.3) is 0 Å². The lowest BCUT2D eigenvalue weighted by Gasteiger charge is -2.14. The van der Waals surface area contributed by atoms with E-state index in [9.17, 15) is 0 Å². The number of aryl methyl sites for hydroxylation is 1. The van der Waals surface area contributed by atoms with E-state index < -0.39 is 0 Å². The summed E-state index contributed by atoms with van der Waals surface area (Å²) in [4.78, 5) is 4.34. The van der Waals surface area contributed by atoms with Gasteiger partial charge in [0.2, 0.25) is 5.88 Å². The summed E-state index contributed by atoms with van der Waals surface area (Å²) in [6.45, 7) is 6.79. The fourth-order valence-electron chi connectivity index (χ4n) is 1.99. The standard InChI is InChI=1S/C16H20N2O/c1-11(2)14-6-4-5-7-15(14)19-16-12(3)8-13(9-17)10-18-16/h4-8,10-11H,9,17H2,1-3H3. The predicted molar refractivity (Wildman–Crippen MR) is 77.5 cm³/mol. The van der Waals surface area contributed by atoms with Gasteiger partial charge in [0.05, 0.1) is 0 Å². The zero-order chi connectivity index (χ0) is 13.8. The van der Waals surface area contributed by atoms with Crippen LogP contribution in [-0.4, -0.2) is 4.98 Å². The van der Waals surface area contributed by atoms with Crippen molar-refractivity contribution in [2.75, 3.05) is 0 Å². The summed E-state index contributed by atoms with van der Waals surface area (Å²) >= 11 is 0. The van der Waals surface area contributed by atoms with Crippen molar-refractivity contribution in [2.45, 2.75) is 33.2 Å². The van der Waals surface area contributed by atoms with E-state index in [1.165, 1.54) is 5.56 Å². The van der Waals surface area contributed by atoms with Crippen LogP contribution in [0.2, 0.25) is 0 Å². The van der Waals surface area contributed by atoms with Gasteiger partial charge < -0.3 is 10.5 Å². The molecule has 100 valence electrons. The van der Waals surface area contributed by atoms with Crippen molar-refractivity contribution in [3.05, 3.63) is 53.2 Å². The number of hydrogen-bond acceptors (Lipinski definition) is 3. The topological polar surface area (TPSA) is 48.1 Å². The largest absolute Gasteiger partial charge is 0.438 e. The zero-order valence-corrected chi connectivity index (χ0v) is 11.7. The number of hydrogen-bond donors (Lipinski definition) is 1. The molecule has 2 N–H and O–H groups in total. The number of aromatic nitrogens is 1. The maximum Gasteiger partial charge on any atom is 0.222 e. The molecule has 3 nitrogen and oxygen atoms in total. The summed E-state index contributed by atoms with van der Waals surface area (Å²) in [6, 6.07) is 10.1. The summed E-state index contributed by atoms with van der Waals surface area (Å²) in [6.07, 6.45) is 1.76. The van der Waals surface area contributed by atoms with Crippen molar-refractivity contribution in [3.8, 4) is 11.6 Å². The number of pyridine rings is 1. The lowest BCUT2D eigenvalue weighted by Crippen LogP contribution is -2.00. The third-order valence-electron chi connectivity index (χ3n) is 3.07. The summed E-state index contributed by atoms with van der Waals surface area (Å²) in [5, 5.41) is 0. The van der Waals surface area contributed by atoms with Gasteiger partial charge >= 0.3 is 0 Å². The summed E-state index contributed by atoms with van der Waals surface area (Å²) < 4.78 is 5.95. The van der Waals surface area contributed by atoms with E-state index in [0.29, 0.717) is 18.3 Å². The molecule has 0 unspecified atom stereocenters. The minimum Gasteiger partial charge on any atom is -0.438 e. The molecule has 19 heavy (non-hydrogen) atoms. The Morgan fingerprint density at radius 3 is 2.63 bits per heavy atom. The highest BCUT2D eigenvalue weighted by atomic mass is 16.5. The first-order valence-electron chi connectivity index (χ1n) is 6.54. The molecular formula is C16H20N2O. The summed E-state index contributed by atoms with van der Waals surface area (Å²) in [5.74, 6) is 1.93. The monoisotopic (exact) mass is 256 g/mol. The zero-order valence-electron chi connectivity index (χ0n) is 11.7. The molecule has 2 rings (SSSR count). The second-order valence-corrected chi connectivity index (χ2v) is 4.96. The predicted octanol–water partition coefficient (Wildman–Crippen LogP) is 3.76. The number of benzene rings is 1. The van der Waals surface area contributed by atoms with E-state index in [2.05, 4.69) is 24.9 Å². The molecule has 0 amide bonds. The third-order valence-corrected chi connectivity index (χ3v) is 3.07. The van der Waals surface area contributed by atoms with Crippen LogP contribution < -0.4 is 10.5 Å². The quantitative estimate of drug-likeness (QED) is 0.906. The van der Waals surface area contributed by atoms with Crippen LogP contribution in [0.1, 0.15) is 36.5 Å². The van der Waals surface area contributed by atoms with Gasteiger partial charge in [0, 0.05) is 18.3 Å². The summed E-state index contributed by atoms with van der Waals surface area (Å²) in [5.41, 5.74) is 8.81. The van der Waals surface area contributed by atoms with E-state index >= 15 is 0 Å². The van der Waals surface area contributed by atoms with E-state index in [-0.39, 0.29) is 0 Å². The molecule has 2 aromatic rings. The first-order valence-corrected chi connectivity index (χ1v) is 6.54. The Morgan fingerprint density at radius 1 is 1.26 bits per heavy atom. The van der Waals surface area contributed by atoms with Crippen molar-refractivity contribution in [1.82, 2.24) is 4.98 Å². The number of nitrogens with two attached hydrogens (primary N) is 1. The van der Waals surface area contributed by atoms with Crippen LogP contribution in [-0.2, 0) is 6.54 Å². The van der Waals surface area contributed by atoms with E-state index in [1.807, 2.05) is 31.2 Å². The fraction of sp³-hybridized carbons (Fsp3) is 0.312. The first-order chi connectivity index (χ1) is 9.11. The van der Waals surface area contributed by atoms with Crippen molar-refractivity contribution < 1.29 is 4.74 Å². The number of ether oxygens (including phenoxy) is 1. The van der Waals surface area contributed by atoms with Crippen LogP contribution in [0.4, 0.5) is 0 Å². The first kappa shape index (κ1) is 13.6. The van der Waals surface area contributed by atoms with Gasteiger partial charge in [0.15, 0.2) is 0 Å².